The van der Waals surface area contributed by atoms with Crippen molar-refractivity contribution in [1.82, 2.24) is 14.7 Å². The van der Waals surface area contributed by atoms with Gasteiger partial charge in [-0.1, -0.05) is 25.4 Å². The average Bonchev–Trinajstić information content (AvgIpc) is 2.79. The number of anilines is 4. The number of benzene rings is 2. The second-order valence-electron chi connectivity index (χ2n) is 6.73. The molecule has 164 valence electrons. The number of nitrogens with one attached hydrogen (secondary N) is 3. The minimum absolute atomic E-state index is 0.0914. The first-order valence-electron chi connectivity index (χ1n) is 10.0. The molecule has 0 aliphatic carbocycles. The van der Waals surface area contributed by atoms with Gasteiger partial charge in [0, 0.05) is 16.8 Å². The van der Waals surface area contributed by atoms with Crippen molar-refractivity contribution in [3.05, 3.63) is 59.9 Å². The van der Waals surface area contributed by atoms with Crippen molar-refractivity contribution >= 4 is 45.6 Å². The molecular formula is C22H26ClN5O2S. The summed E-state index contributed by atoms with van der Waals surface area (Å²) in [6, 6.07) is 14.6. The van der Waals surface area contributed by atoms with Crippen LogP contribution in [0, 0.1) is 0 Å². The van der Waals surface area contributed by atoms with E-state index in [9.17, 15) is 4.21 Å². The lowest BCUT2D eigenvalue weighted by Crippen LogP contribution is -2.15. The van der Waals surface area contributed by atoms with Crippen molar-refractivity contribution in [2.24, 2.45) is 0 Å². The predicted octanol–water partition coefficient (Wildman–Crippen LogP) is 5.43. The molecule has 0 radical (unpaired) electrons. The van der Waals surface area contributed by atoms with Gasteiger partial charge in [0.05, 0.1) is 16.7 Å². The van der Waals surface area contributed by atoms with E-state index in [-0.39, 0.29) is 6.10 Å². The highest BCUT2D eigenvalue weighted by Crippen LogP contribution is 2.31. The van der Waals surface area contributed by atoms with Gasteiger partial charge in [0.25, 0.3) is 0 Å². The van der Waals surface area contributed by atoms with Crippen LogP contribution in [0.2, 0.25) is 5.02 Å². The molecule has 0 aliphatic heterocycles. The van der Waals surface area contributed by atoms with E-state index >= 15 is 0 Å². The topological polar surface area (TPSA) is 88.2 Å². The summed E-state index contributed by atoms with van der Waals surface area (Å²) in [7, 11) is 0.332. The molecule has 0 bridgehead atoms. The summed E-state index contributed by atoms with van der Waals surface area (Å²) in [6.45, 7) is 4.18. The molecule has 1 aromatic heterocycles. The minimum Gasteiger partial charge on any atom is -0.488 e. The van der Waals surface area contributed by atoms with E-state index in [1.165, 1.54) is 6.33 Å². The van der Waals surface area contributed by atoms with Gasteiger partial charge in [-0.15, -0.1) is 0 Å². The van der Waals surface area contributed by atoms with E-state index in [0.717, 1.165) is 18.5 Å². The lowest BCUT2D eigenvalue weighted by atomic mass is 10.2. The number of halogens is 1. The Labute approximate surface area is 190 Å². The van der Waals surface area contributed by atoms with Crippen LogP contribution in [0.5, 0.6) is 5.75 Å². The molecule has 0 saturated heterocycles. The van der Waals surface area contributed by atoms with Gasteiger partial charge in [-0.3, -0.25) is 0 Å². The standard InChI is InChI=1S/C22H26ClN5O2S/c1-4-17(5-2)30-20-11-10-18(31(29)24-3)12-19(20)28-22-13-21(25-14-26-22)27-16-8-6-15(23)7-9-16/h6-14,17,24H,4-5H2,1-3H3,(H2,25,26,27,28). The zero-order chi connectivity index (χ0) is 22.2. The molecule has 3 aromatic rings. The smallest absolute Gasteiger partial charge is 0.143 e. The van der Waals surface area contributed by atoms with E-state index in [4.69, 9.17) is 16.3 Å². The first-order chi connectivity index (χ1) is 15.0. The van der Waals surface area contributed by atoms with Gasteiger partial charge in [-0.05, 0) is 62.4 Å². The fourth-order valence-electron chi connectivity index (χ4n) is 2.89. The lowest BCUT2D eigenvalue weighted by Gasteiger charge is -2.19. The molecule has 1 heterocycles. The summed E-state index contributed by atoms with van der Waals surface area (Å²) in [5, 5.41) is 7.17. The number of ether oxygens (including phenoxy) is 1. The second-order valence-corrected chi connectivity index (χ2v) is 8.59. The highest BCUT2D eigenvalue weighted by Gasteiger charge is 2.13. The van der Waals surface area contributed by atoms with Gasteiger partial charge < -0.3 is 15.4 Å². The maximum absolute atomic E-state index is 12.2. The van der Waals surface area contributed by atoms with Crippen LogP contribution in [0.4, 0.5) is 23.0 Å². The molecule has 0 amide bonds. The first kappa shape index (κ1) is 23.0. The van der Waals surface area contributed by atoms with Gasteiger partial charge in [0.1, 0.15) is 34.7 Å². The zero-order valence-corrected chi connectivity index (χ0v) is 19.3. The molecular weight excluding hydrogens is 434 g/mol. The summed E-state index contributed by atoms with van der Waals surface area (Å²) in [4.78, 5) is 9.22. The molecule has 0 spiro atoms. The normalized spacial score (nSPS) is 11.9. The maximum Gasteiger partial charge on any atom is 0.143 e. The minimum atomic E-state index is -1.32. The van der Waals surface area contributed by atoms with E-state index < -0.39 is 11.0 Å². The highest BCUT2D eigenvalue weighted by molar-refractivity contribution is 7.83. The van der Waals surface area contributed by atoms with Crippen molar-refractivity contribution < 1.29 is 8.95 Å². The highest BCUT2D eigenvalue weighted by atomic mass is 35.5. The number of aromatic nitrogens is 2. The summed E-state index contributed by atoms with van der Waals surface area (Å²) in [6.07, 6.45) is 3.34. The van der Waals surface area contributed by atoms with Gasteiger partial charge in [0.15, 0.2) is 0 Å². The van der Waals surface area contributed by atoms with Gasteiger partial charge in [-0.2, -0.15) is 0 Å². The third kappa shape index (κ3) is 6.40. The fourth-order valence-corrected chi connectivity index (χ4v) is 3.67. The average molecular weight is 460 g/mol. The predicted molar refractivity (Wildman–Crippen MR) is 127 cm³/mol. The van der Waals surface area contributed by atoms with Crippen molar-refractivity contribution in [1.29, 1.82) is 0 Å². The Morgan fingerprint density at radius 1 is 1.00 bits per heavy atom. The molecule has 0 fully saturated rings. The van der Waals surface area contributed by atoms with Gasteiger partial charge in [0.2, 0.25) is 0 Å². The van der Waals surface area contributed by atoms with Crippen molar-refractivity contribution in [3.8, 4) is 5.75 Å². The molecule has 1 unspecified atom stereocenters. The van der Waals surface area contributed by atoms with Crippen LogP contribution in [0.25, 0.3) is 0 Å². The molecule has 3 rings (SSSR count). The van der Waals surface area contributed by atoms with Crippen molar-refractivity contribution in [2.75, 3.05) is 17.7 Å². The Bertz CT molecular complexity index is 1030. The Kier molecular flexibility index (Phi) is 8.22. The molecule has 0 saturated carbocycles. The maximum atomic E-state index is 12.2. The molecule has 7 nitrogen and oxygen atoms in total. The molecule has 1 atom stereocenters. The Morgan fingerprint density at radius 2 is 1.68 bits per heavy atom. The number of hydrogen-bond donors (Lipinski definition) is 3. The van der Waals surface area contributed by atoms with Crippen molar-refractivity contribution in [3.63, 3.8) is 0 Å². The zero-order valence-electron chi connectivity index (χ0n) is 17.7. The number of nitrogens with zero attached hydrogens (tertiary/aromatic N) is 2. The Balaban J connectivity index is 1.87. The van der Waals surface area contributed by atoms with E-state index in [2.05, 4.69) is 39.2 Å². The summed E-state index contributed by atoms with van der Waals surface area (Å²) < 4.78 is 21.2. The molecule has 31 heavy (non-hydrogen) atoms. The SMILES string of the molecule is CCC(CC)Oc1ccc(S(=O)NC)cc1Nc1cc(Nc2ccc(Cl)cc2)ncn1. The molecule has 0 aliphatic rings. The largest absolute Gasteiger partial charge is 0.488 e. The van der Waals surface area contributed by atoms with E-state index in [0.29, 0.717) is 33.0 Å². The van der Waals surface area contributed by atoms with Crippen LogP contribution in [0.15, 0.2) is 59.8 Å². The first-order valence-corrected chi connectivity index (χ1v) is 11.6. The lowest BCUT2D eigenvalue weighted by molar-refractivity contribution is 0.194. The van der Waals surface area contributed by atoms with Crippen molar-refractivity contribution in [2.45, 2.75) is 37.7 Å². The van der Waals surface area contributed by atoms with E-state index in [1.807, 2.05) is 18.2 Å². The van der Waals surface area contributed by atoms with Crippen LogP contribution in [0.3, 0.4) is 0 Å². The van der Waals surface area contributed by atoms with Crippen LogP contribution >= 0.6 is 11.6 Å². The van der Waals surface area contributed by atoms with Crippen LogP contribution in [0.1, 0.15) is 26.7 Å². The van der Waals surface area contributed by atoms with Gasteiger partial charge in [-0.25, -0.2) is 18.9 Å². The van der Waals surface area contributed by atoms with E-state index in [1.54, 1.807) is 37.4 Å². The Morgan fingerprint density at radius 3 is 2.32 bits per heavy atom. The third-order valence-corrected chi connectivity index (χ3v) is 5.91. The van der Waals surface area contributed by atoms with Crippen LogP contribution in [-0.4, -0.2) is 27.3 Å². The summed E-state index contributed by atoms with van der Waals surface area (Å²) >= 11 is 5.95. The molecule has 3 N–H and O–H groups in total. The number of rotatable bonds is 10. The Hall–Kier alpha value is -2.68. The van der Waals surface area contributed by atoms with Crippen LogP contribution < -0.4 is 20.1 Å². The monoisotopic (exact) mass is 459 g/mol. The summed E-state index contributed by atoms with van der Waals surface area (Å²) in [5.74, 6) is 1.88. The fraction of sp³-hybridized carbons (Fsp3) is 0.273. The third-order valence-electron chi connectivity index (χ3n) is 4.60. The molecule has 2 aromatic carbocycles. The van der Waals surface area contributed by atoms with Crippen LogP contribution in [-0.2, 0) is 11.0 Å². The summed E-state index contributed by atoms with van der Waals surface area (Å²) in [5.41, 5.74) is 1.54. The quantitative estimate of drug-likeness (QED) is 0.375. The second kappa shape index (κ2) is 11.1. The number of hydrogen-bond acceptors (Lipinski definition) is 6. The molecule has 9 heteroatoms. The van der Waals surface area contributed by atoms with Gasteiger partial charge >= 0.3 is 0 Å².